The van der Waals surface area contributed by atoms with E-state index in [2.05, 4.69) is 40.4 Å². The maximum Gasteiger partial charge on any atom is 0.119 e. The van der Waals surface area contributed by atoms with Crippen molar-refractivity contribution in [2.75, 3.05) is 7.11 Å². The SMILES string of the molecule is COc1ccc(Br)c(CC(NN)c2ccccc2C)c1. The second-order valence-corrected chi connectivity index (χ2v) is 5.59. The summed E-state index contributed by atoms with van der Waals surface area (Å²) in [5, 5.41) is 0. The van der Waals surface area contributed by atoms with Gasteiger partial charge in [-0.2, -0.15) is 0 Å². The lowest BCUT2D eigenvalue weighted by Gasteiger charge is -2.19. The number of nitrogens with one attached hydrogen (secondary N) is 1. The van der Waals surface area contributed by atoms with E-state index in [1.807, 2.05) is 30.3 Å². The fraction of sp³-hybridized carbons (Fsp3) is 0.250. The molecule has 0 fully saturated rings. The van der Waals surface area contributed by atoms with E-state index in [0.717, 1.165) is 22.2 Å². The van der Waals surface area contributed by atoms with Crippen molar-refractivity contribution in [2.45, 2.75) is 19.4 Å². The zero-order valence-corrected chi connectivity index (χ0v) is 13.3. The van der Waals surface area contributed by atoms with Crippen molar-refractivity contribution in [1.29, 1.82) is 0 Å². The first kappa shape index (κ1) is 15.0. The van der Waals surface area contributed by atoms with Crippen molar-refractivity contribution < 1.29 is 4.74 Å². The van der Waals surface area contributed by atoms with Crippen molar-refractivity contribution in [3.8, 4) is 5.75 Å². The molecule has 0 aromatic heterocycles. The standard InChI is InChI=1S/C16H19BrN2O/c1-11-5-3-4-6-14(11)16(19-18)10-12-9-13(20-2)7-8-15(12)17/h3-9,16,19H,10,18H2,1-2H3. The Bertz CT molecular complexity index is 586. The Hall–Kier alpha value is -1.36. The van der Waals surface area contributed by atoms with Crippen LogP contribution in [0.25, 0.3) is 0 Å². The second kappa shape index (κ2) is 6.88. The van der Waals surface area contributed by atoms with Crippen LogP contribution < -0.4 is 16.0 Å². The summed E-state index contributed by atoms with van der Waals surface area (Å²) in [7, 11) is 1.67. The van der Waals surface area contributed by atoms with E-state index in [1.54, 1.807) is 7.11 Å². The van der Waals surface area contributed by atoms with Crippen LogP contribution in [0.15, 0.2) is 46.9 Å². The van der Waals surface area contributed by atoms with Gasteiger partial charge in [0.1, 0.15) is 5.75 Å². The van der Waals surface area contributed by atoms with Gasteiger partial charge in [-0.15, -0.1) is 0 Å². The summed E-state index contributed by atoms with van der Waals surface area (Å²) in [6.07, 6.45) is 0.791. The molecule has 2 aromatic carbocycles. The van der Waals surface area contributed by atoms with Gasteiger partial charge >= 0.3 is 0 Å². The van der Waals surface area contributed by atoms with Gasteiger partial charge in [0.05, 0.1) is 13.2 Å². The molecule has 0 saturated heterocycles. The molecule has 3 N–H and O–H groups in total. The number of hydrogen-bond donors (Lipinski definition) is 2. The molecular formula is C16H19BrN2O. The van der Waals surface area contributed by atoms with E-state index in [-0.39, 0.29) is 6.04 Å². The Balaban J connectivity index is 2.29. The number of ether oxygens (including phenoxy) is 1. The molecule has 0 heterocycles. The Morgan fingerprint density at radius 3 is 2.65 bits per heavy atom. The van der Waals surface area contributed by atoms with Crippen LogP contribution in [-0.2, 0) is 6.42 Å². The van der Waals surface area contributed by atoms with Crippen molar-refractivity contribution in [1.82, 2.24) is 5.43 Å². The average Bonchev–Trinajstić information content (AvgIpc) is 2.47. The molecule has 20 heavy (non-hydrogen) atoms. The molecule has 106 valence electrons. The number of aryl methyl sites for hydroxylation is 1. The molecule has 4 heteroatoms. The maximum atomic E-state index is 5.75. The van der Waals surface area contributed by atoms with Crippen LogP contribution in [0.1, 0.15) is 22.7 Å². The van der Waals surface area contributed by atoms with Gasteiger partial charge in [-0.1, -0.05) is 40.2 Å². The smallest absolute Gasteiger partial charge is 0.119 e. The summed E-state index contributed by atoms with van der Waals surface area (Å²) in [4.78, 5) is 0. The summed E-state index contributed by atoms with van der Waals surface area (Å²) in [5.74, 6) is 6.60. The summed E-state index contributed by atoms with van der Waals surface area (Å²) < 4.78 is 6.34. The zero-order valence-electron chi connectivity index (χ0n) is 11.7. The molecule has 0 radical (unpaired) electrons. The van der Waals surface area contributed by atoms with E-state index in [9.17, 15) is 0 Å². The van der Waals surface area contributed by atoms with Crippen LogP contribution in [0.3, 0.4) is 0 Å². The summed E-state index contributed by atoms with van der Waals surface area (Å²) in [6.45, 7) is 2.10. The number of halogens is 1. The summed E-state index contributed by atoms with van der Waals surface area (Å²) in [6, 6.07) is 14.3. The zero-order chi connectivity index (χ0) is 14.5. The highest BCUT2D eigenvalue weighted by Crippen LogP contribution is 2.28. The van der Waals surface area contributed by atoms with Gasteiger partial charge in [0.25, 0.3) is 0 Å². The number of hydrogen-bond acceptors (Lipinski definition) is 3. The Morgan fingerprint density at radius 2 is 2.00 bits per heavy atom. The number of benzene rings is 2. The van der Waals surface area contributed by atoms with Crippen LogP contribution in [0.4, 0.5) is 0 Å². The molecule has 2 rings (SSSR count). The lowest BCUT2D eigenvalue weighted by molar-refractivity contribution is 0.413. The minimum atomic E-state index is 0.0691. The molecular weight excluding hydrogens is 316 g/mol. The second-order valence-electron chi connectivity index (χ2n) is 4.74. The van der Waals surface area contributed by atoms with Crippen LogP contribution in [0.2, 0.25) is 0 Å². The third kappa shape index (κ3) is 3.39. The highest BCUT2D eigenvalue weighted by atomic mass is 79.9. The van der Waals surface area contributed by atoms with Gasteiger partial charge in [0.2, 0.25) is 0 Å². The first-order valence-corrected chi connectivity index (χ1v) is 7.29. The highest BCUT2D eigenvalue weighted by molar-refractivity contribution is 9.10. The minimum absolute atomic E-state index is 0.0691. The molecule has 0 aliphatic rings. The third-order valence-corrected chi connectivity index (χ3v) is 4.22. The lowest BCUT2D eigenvalue weighted by Crippen LogP contribution is -2.30. The molecule has 1 unspecified atom stereocenters. The molecule has 0 aliphatic heterocycles. The van der Waals surface area contributed by atoms with Gasteiger partial charge in [-0.3, -0.25) is 11.3 Å². The summed E-state index contributed by atoms with van der Waals surface area (Å²) in [5.41, 5.74) is 6.52. The first-order valence-electron chi connectivity index (χ1n) is 6.49. The maximum absolute atomic E-state index is 5.75. The van der Waals surface area contributed by atoms with E-state index in [1.165, 1.54) is 11.1 Å². The lowest BCUT2D eigenvalue weighted by atomic mass is 9.96. The largest absolute Gasteiger partial charge is 0.497 e. The molecule has 1 atom stereocenters. The molecule has 3 nitrogen and oxygen atoms in total. The van der Waals surface area contributed by atoms with Crippen LogP contribution in [0, 0.1) is 6.92 Å². The normalized spacial score (nSPS) is 12.2. The molecule has 0 spiro atoms. The number of methoxy groups -OCH3 is 1. The van der Waals surface area contributed by atoms with Gasteiger partial charge in [-0.05, 0) is 48.2 Å². The van der Waals surface area contributed by atoms with Crippen LogP contribution in [0.5, 0.6) is 5.75 Å². The predicted octanol–water partition coefficient (Wildman–Crippen LogP) is 3.51. The van der Waals surface area contributed by atoms with Gasteiger partial charge < -0.3 is 4.74 Å². The van der Waals surface area contributed by atoms with E-state index in [0.29, 0.717) is 0 Å². The molecule has 2 aromatic rings. The van der Waals surface area contributed by atoms with Crippen molar-refractivity contribution in [2.24, 2.45) is 5.84 Å². The van der Waals surface area contributed by atoms with Crippen LogP contribution >= 0.6 is 15.9 Å². The van der Waals surface area contributed by atoms with Gasteiger partial charge in [-0.25, -0.2) is 0 Å². The third-order valence-electron chi connectivity index (χ3n) is 3.44. The summed E-state index contributed by atoms with van der Waals surface area (Å²) >= 11 is 3.58. The molecule has 0 amide bonds. The molecule has 0 saturated carbocycles. The molecule has 0 bridgehead atoms. The van der Waals surface area contributed by atoms with Crippen molar-refractivity contribution >= 4 is 15.9 Å². The Kier molecular flexibility index (Phi) is 5.17. The van der Waals surface area contributed by atoms with E-state index < -0.39 is 0 Å². The minimum Gasteiger partial charge on any atom is -0.497 e. The monoisotopic (exact) mass is 334 g/mol. The number of hydrazine groups is 1. The Labute approximate surface area is 128 Å². The van der Waals surface area contributed by atoms with Crippen LogP contribution in [-0.4, -0.2) is 7.11 Å². The molecule has 0 aliphatic carbocycles. The van der Waals surface area contributed by atoms with Gasteiger partial charge in [0.15, 0.2) is 0 Å². The quantitative estimate of drug-likeness (QED) is 0.649. The van der Waals surface area contributed by atoms with Gasteiger partial charge in [0, 0.05) is 4.47 Å². The first-order chi connectivity index (χ1) is 9.65. The Morgan fingerprint density at radius 1 is 1.25 bits per heavy atom. The fourth-order valence-electron chi connectivity index (χ4n) is 2.29. The topological polar surface area (TPSA) is 47.3 Å². The number of nitrogens with two attached hydrogens (primary N) is 1. The van der Waals surface area contributed by atoms with Crippen molar-refractivity contribution in [3.63, 3.8) is 0 Å². The average molecular weight is 335 g/mol. The predicted molar refractivity (Wildman–Crippen MR) is 85.6 cm³/mol. The van der Waals surface area contributed by atoms with E-state index >= 15 is 0 Å². The van der Waals surface area contributed by atoms with Crippen molar-refractivity contribution in [3.05, 3.63) is 63.6 Å². The fourth-order valence-corrected chi connectivity index (χ4v) is 2.70. The number of rotatable bonds is 5. The highest BCUT2D eigenvalue weighted by Gasteiger charge is 2.14. The van der Waals surface area contributed by atoms with E-state index in [4.69, 9.17) is 10.6 Å².